The van der Waals surface area contributed by atoms with Crippen LogP contribution in [0.1, 0.15) is 40.9 Å². The Morgan fingerprint density at radius 2 is 1.96 bits per heavy atom. The molecule has 0 spiro atoms. The molecule has 0 bridgehead atoms. The van der Waals surface area contributed by atoms with Crippen LogP contribution < -0.4 is 10.6 Å². The third kappa shape index (κ3) is 4.55. The molecule has 4 nitrogen and oxygen atoms in total. The zero-order valence-corrected chi connectivity index (χ0v) is 14.9. The maximum Gasteiger partial charge on any atom is 0.337 e. The molecule has 0 saturated heterocycles. The number of hydrogen-bond acceptors (Lipinski definition) is 3. The smallest absolute Gasteiger partial charge is 0.337 e. The number of rotatable bonds is 5. The topological polar surface area (TPSA) is 50.4 Å². The van der Waals surface area contributed by atoms with Crippen LogP contribution in [0, 0.1) is 6.92 Å². The van der Waals surface area contributed by atoms with Crippen molar-refractivity contribution in [2.45, 2.75) is 26.3 Å². The van der Waals surface area contributed by atoms with Crippen LogP contribution in [0.2, 0.25) is 0 Å². The van der Waals surface area contributed by atoms with Crippen molar-refractivity contribution < 1.29 is 9.53 Å². The van der Waals surface area contributed by atoms with E-state index in [0.29, 0.717) is 10.7 Å². The number of thiocarbonyl (C=S) groups is 1. The van der Waals surface area contributed by atoms with Gasteiger partial charge in [-0.15, -0.1) is 0 Å². The highest BCUT2D eigenvalue weighted by Crippen LogP contribution is 2.20. The molecular weight excluding hydrogens is 320 g/mol. The fraction of sp³-hybridized carbons (Fsp3) is 0.263. The molecule has 0 aliphatic heterocycles. The van der Waals surface area contributed by atoms with Gasteiger partial charge < -0.3 is 15.4 Å². The molecule has 0 heterocycles. The SMILES string of the molecule is CCC(NC(=S)Nc1cccc(C(=O)OC)c1)c1ccccc1C. The van der Waals surface area contributed by atoms with Crippen molar-refractivity contribution in [3.63, 3.8) is 0 Å². The Labute approximate surface area is 148 Å². The first-order valence-corrected chi connectivity index (χ1v) is 8.27. The summed E-state index contributed by atoms with van der Waals surface area (Å²) in [7, 11) is 1.36. The predicted octanol–water partition coefficient (Wildman–Crippen LogP) is 4.22. The summed E-state index contributed by atoms with van der Waals surface area (Å²) in [6.45, 7) is 4.21. The second-order valence-corrected chi connectivity index (χ2v) is 5.90. The Kier molecular flexibility index (Phi) is 6.32. The highest BCUT2D eigenvalue weighted by Gasteiger charge is 2.13. The lowest BCUT2D eigenvalue weighted by molar-refractivity contribution is 0.0601. The van der Waals surface area contributed by atoms with Crippen LogP contribution in [0.3, 0.4) is 0 Å². The minimum Gasteiger partial charge on any atom is -0.465 e. The number of hydrogen-bond donors (Lipinski definition) is 2. The lowest BCUT2D eigenvalue weighted by Gasteiger charge is -2.21. The van der Waals surface area contributed by atoms with E-state index < -0.39 is 0 Å². The highest BCUT2D eigenvalue weighted by atomic mass is 32.1. The van der Waals surface area contributed by atoms with Crippen molar-refractivity contribution in [2.75, 3.05) is 12.4 Å². The fourth-order valence-corrected chi connectivity index (χ4v) is 2.80. The Bertz CT molecular complexity index is 731. The van der Waals surface area contributed by atoms with Gasteiger partial charge in [-0.05, 0) is 54.9 Å². The first-order chi connectivity index (χ1) is 11.5. The van der Waals surface area contributed by atoms with Gasteiger partial charge in [-0.25, -0.2) is 4.79 Å². The van der Waals surface area contributed by atoms with E-state index in [1.807, 2.05) is 18.2 Å². The lowest BCUT2D eigenvalue weighted by Crippen LogP contribution is -2.32. The van der Waals surface area contributed by atoms with Gasteiger partial charge in [0.15, 0.2) is 5.11 Å². The number of carbonyl (C=O) groups excluding carboxylic acids is 1. The van der Waals surface area contributed by atoms with Gasteiger partial charge in [-0.1, -0.05) is 37.3 Å². The van der Waals surface area contributed by atoms with Crippen LogP contribution >= 0.6 is 12.2 Å². The van der Waals surface area contributed by atoms with E-state index in [4.69, 9.17) is 17.0 Å². The monoisotopic (exact) mass is 342 g/mol. The summed E-state index contributed by atoms with van der Waals surface area (Å²) in [6, 6.07) is 15.5. The number of ether oxygens (including phenoxy) is 1. The number of carbonyl (C=O) groups is 1. The van der Waals surface area contributed by atoms with Crippen LogP contribution in [0.4, 0.5) is 5.69 Å². The lowest BCUT2D eigenvalue weighted by atomic mass is 10.00. The molecule has 2 N–H and O–H groups in total. The summed E-state index contributed by atoms with van der Waals surface area (Å²) in [6.07, 6.45) is 0.912. The molecule has 0 aliphatic rings. The average molecular weight is 342 g/mol. The molecule has 0 amide bonds. The van der Waals surface area contributed by atoms with Crippen molar-refractivity contribution in [3.05, 3.63) is 65.2 Å². The Morgan fingerprint density at radius 3 is 2.62 bits per heavy atom. The average Bonchev–Trinajstić information content (AvgIpc) is 2.60. The van der Waals surface area contributed by atoms with Crippen LogP contribution in [-0.4, -0.2) is 18.2 Å². The third-order valence-electron chi connectivity index (χ3n) is 3.82. The summed E-state index contributed by atoms with van der Waals surface area (Å²) in [5.74, 6) is -0.371. The largest absolute Gasteiger partial charge is 0.465 e. The van der Waals surface area contributed by atoms with Crippen molar-refractivity contribution in [1.82, 2.24) is 5.32 Å². The van der Waals surface area contributed by atoms with Gasteiger partial charge in [-0.2, -0.15) is 0 Å². The van der Waals surface area contributed by atoms with Crippen LogP contribution in [-0.2, 0) is 4.74 Å². The molecule has 24 heavy (non-hydrogen) atoms. The van der Waals surface area contributed by atoms with Crippen molar-refractivity contribution in [1.29, 1.82) is 0 Å². The normalized spacial score (nSPS) is 11.5. The van der Waals surface area contributed by atoms with E-state index in [1.165, 1.54) is 18.2 Å². The van der Waals surface area contributed by atoms with E-state index in [2.05, 4.69) is 36.6 Å². The van der Waals surface area contributed by atoms with Crippen molar-refractivity contribution >= 4 is 29.0 Å². The van der Waals surface area contributed by atoms with E-state index in [-0.39, 0.29) is 12.0 Å². The maximum atomic E-state index is 11.6. The molecule has 0 fully saturated rings. The number of methoxy groups -OCH3 is 1. The second-order valence-electron chi connectivity index (χ2n) is 5.49. The van der Waals surface area contributed by atoms with E-state index in [9.17, 15) is 4.79 Å². The number of nitrogens with one attached hydrogen (secondary N) is 2. The van der Waals surface area contributed by atoms with Gasteiger partial charge in [0.1, 0.15) is 0 Å². The van der Waals surface area contributed by atoms with Crippen LogP contribution in [0.5, 0.6) is 0 Å². The Morgan fingerprint density at radius 1 is 1.21 bits per heavy atom. The number of aryl methyl sites for hydroxylation is 1. The molecule has 2 rings (SSSR count). The Hall–Kier alpha value is -2.40. The molecule has 0 aromatic heterocycles. The first kappa shape index (κ1) is 17.9. The zero-order valence-electron chi connectivity index (χ0n) is 14.1. The minimum atomic E-state index is -0.371. The van der Waals surface area contributed by atoms with Crippen LogP contribution in [0.15, 0.2) is 48.5 Å². The van der Waals surface area contributed by atoms with Gasteiger partial charge in [0.2, 0.25) is 0 Å². The second kappa shape index (κ2) is 8.45. The van der Waals surface area contributed by atoms with Crippen LogP contribution in [0.25, 0.3) is 0 Å². The van der Waals surface area contributed by atoms with Crippen molar-refractivity contribution in [3.8, 4) is 0 Å². The summed E-state index contributed by atoms with van der Waals surface area (Å²) in [4.78, 5) is 11.6. The number of benzene rings is 2. The van der Waals surface area contributed by atoms with E-state index in [1.54, 1.807) is 18.2 Å². The summed E-state index contributed by atoms with van der Waals surface area (Å²) >= 11 is 5.42. The molecular formula is C19H22N2O2S. The van der Waals surface area contributed by atoms with E-state index in [0.717, 1.165) is 12.1 Å². The molecule has 1 unspecified atom stereocenters. The van der Waals surface area contributed by atoms with E-state index >= 15 is 0 Å². The van der Waals surface area contributed by atoms with Gasteiger partial charge in [-0.3, -0.25) is 0 Å². The molecule has 0 aliphatic carbocycles. The predicted molar refractivity (Wildman–Crippen MR) is 101 cm³/mol. The molecule has 1 atom stereocenters. The number of esters is 1. The minimum absolute atomic E-state index is 0.134. The molecule has 2 aromatic carbocycles. The quantitative estimate of drug-likeness (QED) is 0.629. The molecule has 0 saturated carbocycles. The third-order valence-corrected chi connectivity index (χ3v) is 4.04. The van der Waals surface area contributed by atoms with Gasteiger partial charge in [0, 0.05) is 5.69 Å². The Balaban J connectivity index is 2.07. The maximum absolute atomic E-state index is 11.6. The summed E-state index contributed by atoms with van der Waals surface area (Å²) < 4.78 is 4.73. The van der Waals surface area contributed by atoms with Crippen molar-refractivity contribution in [2.24, 2.45) is 0 Å². The molecule has 2 aromatic rings. The highest BCUT2D eigenvalue weighted by molar-refractivity contribution is 7.80. The zero-order chi connectivity index (χ0) is 17.5. The number of anilines is 1. The van der Waals surface area contributed by atoms with Gasteiger partial charge in [0.05, 0.1) is 18.7 Å². The summed E-state index contributed by atoms with van der Waals surface area (Å²) in [5, 5.41) is 6.99. The standard InChI is InChI=1S/C19H22N2O2S/c1-4-17(16-11-6-5-8-13(16)2)21-19(24)20-15-10-7-9-14(12-15)18(22)23-3/h5-12,17H,4H2,1-3H3,(H2,20,21,24). The first-order valence-electron chi connectivity index (χ1n) is 7.86. The van der Waals surface area contributed by atoms with Gasteiger partial charge >= 0.3 is 5.97 Å². The molecule has 0 radical (unpaired) electrons. The molecule has 126 valence electrons. The van der Waals surface area contributed by atoms with Gasteiger partial charge in [0.25, 0.3) is 0 Å². The fourth-order valence-electron chi connectivity index (χ4n) is 2.54. The summed E-state index contributed by atoms with van der Waals surface area (Å²) in [5.41, 5.74) is 3.69. The molecule has 5 heteroatoms.